The molecule has 5 aromatic rings. The van der Waals surface area contributed by atoms with Crippen molar-refractivity contribution in [2.45, 2.75) is 19.9 Å². The highest BCUT2D eigenvalue weighted by atomic mass is 35.5. The van der Waals surface area contributed by atoms with Crippen LogP contribution in [0.15, 0.2) is 66.7 Å². The van der Waals surface area contributed by atoms with E-state index in [0.29, 0.717) is 18.0 Å². The molecule has 6 heteroatoms. The zero-order valence-corrected chi connectivity index (χ0v) is 17.1. The highest BCUT2D eigenvalue weighted by Crippen LogP contribution is 2.28. The fourth-order valence-corrected chi connectivity index (χ4v) is 4.03. The Morgan fingerprint density at radius 2 is 1.73 bits per heavy atom. The summed E-state index contributed by atoms with van der Waals surface area (Å²) in [5, 5.41) is 4.67. The maximum absolute atomic E-state index is 12.6. The molecule has 0 saturated heterocycles. The van der Waals surface area contributed by atoms with Crippen molar-refractivity contribution in [1.29, 1.82) is 0 Å². The standard InChI is InChI=1S/C24H19ClN4O/c1-15-14-16(25)10-11-18(15)26-22(30)12-13-29-21-9-5-2-6-17(21)23-24(29)28-20-8-4-3-7-19(20)27-23/h2-11,14H,12-13H2,1H3,(H,26,30). The van der Waals surface area contributed by atoms with Crippen molar-refractivity contribution in [2.24, 2.45) is 0 Å². The lowest BCUT2D eigenvalue weighted by Gasteiger charge is -2.10. The molecule has 0 saturated carbocycles. The third-order valence-corrected chi connectivity index (χ3v) is 5.52. The van der Waals surface area contributed by atoms with E-state index in [9.17, 15) is 4.79 Å². The van der Waals surface area contributed by atoms with Gasteiger partial charge in [0.25, 0.3) is 0 Å². The van der Waals surface area contributed by atoms with Gasteiger partial charge in [0.2, 0.25) is 5.91 Å². The molecular weight excluding hydrogens is 396 g/mol. The van der Waals surface area contributed by atoms with Gasteiger partial charge in [0, 0.05) is 29.1 Å². The van der Waals surface area contributed by atoms with Crippen LogP contribution in [0, 0.1) is 6.92 Å². The second kappa shape index (κ2) is 7.43. The number of nitrogens with one attached hydrogen (secondary N) is 1. The van der Waals surface area contributed by atoms with Crippen LogP contribution in [0.3, 0.4) is 0 Å². The number of amides is 1. The third kappa shape index (κ3) is 3.27. The summed E-state index contributed by atoms with van der Waals surface area (Å²) >= 11 is 6.01. The number of nitrogens with zero attached hydrogens (tertiary/aromatic N) is 3. The number of aromatic nitrogens is 3. The van der Waals surface area contributed by atoms with Crippen LogP contribution in [-0.2, 0) is 11.3 Å². The van der Waals surface area contributed by atoms with Gasteiger partial charge >= 0.3 is 0 Å². The number of hydrogen-bond acceptors (Lipinski definition) is 3. The Hall–Kier alpha value is -3.44. The molecule has 5 nitrogen and oxygen atoms in total. The number of aryl methyl sites for hydroxylation is 2. The second-order valence-corrected chi connectivity index (χ2v) is 7.75. The lowest BCUT2D eigenvalue weighted by molar-refractivity contribution is -0.116. The van der Waals surface area contributed by atoms with Crippen LogP contribution in [0.2, 0.25) is 5.02 Å². The molecule has 0 aliphatic carbocycles. The van der Waals surface area contributed by atoms with E-state index in [1.54, 1.807) is 6.07 Å². The number of para-hydroxylation sites is 3. The van der Waals surface area contributed by atoms with Crippen LogP contribution in [0.4, 0.5) is 5.69 Å². The summed E-state index contributed by atoms with van der Waals surface area (Å²) in [6.45, 7) is 2.44. The fourth-order valence-electron chi connectivity index (χ4n) is 3.80. The molecule has 0 aliphatic rings. The van der Waals surface area contributed by atoms with Gasteiger partial charge in [-0.1, -0.05) is 41.9 Å². The molecule has 1 N–H and O–H groups in total. The lowest BCUT2D eigenvalue weighted by Crippen LogP contribution is -2.15. The van der Waals surface area contributed by atoms with E-state index in [2.05, 4.69) is 16.0 Å². The average molecular weight is 415 g/mol. The molecule has 30 heavy (non-hydrogen) atoms. The number of hydrogen-bond donors (Lipinski definition) is 1. The molecular formula is C24H19ClN4O. The smallest absolute Gasteiger partial charge is 0.226 e. The van der Waals surface area contributed by atoms with E-state index in [0.717, 1.165) is 44.4 Å². The zero-order chi connectivity index (χ0) is 20.7. The Balaban J connectivity index is 1.50. The van der Waals surface area contributed by atoms with Gasteiger partial charge in [0.15, 0.2) is 5.65 Å². The fraction of sp³-hybridized carbons (Fsp3) is 0.125. The molecule has 0 radical (unpaired) electrons. The van der Waals surface area contributed by atoms with E-state index in [4.69, 9.17) is 21.6 Å². The van der Waals surface area contributed by atoms with Gasteiger partial charge in [-0.05, 0) is 48.9 Å². The highest BCUT2D eigenvalue weighted by molar-refractivity contribution is 6.30. The van der Waals surface area contributed by atoms with E-state index in [1.807, 2.05) is 61.5 Å². The molecule has 0 fully saturated rings. The predicted octanol–water partition coefficient (Wildman–Crippen LogP) is 5.73. The molecule has 3 aromatic carbocycles. The van der Waals surface area contributed by atoms with Gasteiger partial charge in [-0.2, -0.15) is 0 Å². The Morgan fingerprint density at radius 1 is 1.00 bits per heavy atom. The van der Waals surface area contributed by atoms with E-state index >= 15 is 0 Å². The monoisotopic (exact) mass is 414 g/mol. The molecule has 0 spiro atoms. The first-order valence-corrected chi connectivity index (χ1v) is 10.2. The first-order chi connectivity index (χ1) is 14.6. The maximum Gasteiger partial charge on any atom is 0.226 e. The summed E-state index contributed by atoms with van der Waals surface area (Å²) in [4.78, 5) is 22.3. The van der Waals surface area contributed by atoms with Crippen molar-refractivity contribution in [3.05, 3.63) is 77.3 Å². The average Bonchev–Trinajstić information content (AvgIpc) is 3.05. The molecule has 5 rings (SSSR count). The third-order valence-electron chi connectivity index (χ3n) is 5.28. The van der Waals surface area contributed by atoms with Crippen molar-refractivity contribution < 1.29 is 4.79 Å². The molecule has 2 aromatic heterocycles. The topological polar surface area (TPSA) is 59.8 Å². The number of rotatable bonds is 4. The first kappa shape index (κ1) is 18.6. The van der Waals surface area contributed by atoms with Gasteiger partial charge < -0.3 is 9.88 Å². The van der Waals surface area contributed by atoms with Crippen molar-refractivity contribution in [1.82, 2.24) is 14.5 Å². The number of carbonyl (C=O) groups is 1. The summed E-state index contributed by atoms with van der Waals surface area (Å²) < 4.78 is 2.08. The second-order valence-electron chi connectivity index (χ2n) is 7.31. The van der Waals surface area contributed by atoms with Crippen LogP contribution in [-0.4, -0.2) is 20.4 Å². The maximum atomic E-state index is 12.6. The van der Waals surface area contributed by atoms with Crippen molar-refractivity contribution in [2.75, 3.05) is 5.32 Å². The minimum atomic E-state index is -0.0555. The molecule has 0 atom stereocenters. The van der Waals surface area contributed by atoms with Crippen molar-refractivity contribution >= 4 is 56.3 Å². The summed E-state index contributed by atoms with van der Waals surface area (Å²) in [5.41, 5.74) is 6.10. The van der Waals surface area contributed by atoms with Crippen molar-refractivity contribution in [3.8, 4) is 0 Å². The lowest BCUT2D eigenvalue weighted by atomic mass is 10.2. The molecule has 0 unspecified atom stereocenters. The number of carbonyl (C=O) groups excluding carboxylic acids is 1. The number of anilines is 1. The Labute approximate surface area is 178 Å². The Morgan fingerprint density at radius 3 is 2.53 bits per heavy atom. The van der Waals surface area contributed by atoms with Crippen LogP contribution >= 0.6 is 11.6 Å². The molecule has 2 heterocycles. The van der Waals surface area contributed by atoms with Gasteiger partial charge in [-0.3, -0.25) is 4.79 Å². The summed E-state index contributed by atoms with van der Waals surface area (Å²) in [5.74, 6) is -0.0555. The minimum absolute atomic E-state index is 0.0555. The van der Waals surface area contributed by atoms with Crippen LogP contribution in [0.25, 0.3) is 33.1 Å². The quantitative estimate of drug-likeness (QED) is 0.408. The molecule has 148 valence electrons. The van der Waals surface area contributed by atoms with Crippen LogP contribution in [0.5, 0.6) is 0 Å². The predicted molar refractivity (Wildman–Crippen MR) is 122 cm³/mol. The highest BCUT2D eigenvalue weighted by Gasteiger charge is 2.15. The largest absolute Gasteiger partial charge is 0.326 e. The summed E-state index contributed by atoms with van der Waals surface area (Å²) in [7, 11) is 0. The van der Waals surface area contributed by atoms with Crippen LogP contribution < -0.4 is 5.32 Å². The summed E-state index contributed by atoms with van der Waals surface area (Å²) in [6, 6.07) is 21.4. The summed E-state index contributed by atoms with van der Waals surface area (Å²) in [6.07, 6.45) is 0.324. The number of fused-ring (bicyclic) bond motifs is 4. The van der Waals surface area contributed by atoms with Gasteiger partial charge in [-0.25, -0.2) is 9.97 Å². The number of benzene rings is 3. The Bertz CT molecular complexity index is 1420. The first-order valence-electron chi connectivity index (χ1n) is 9.80. The van der Waals surface area contributed by atoms with Gasteiger partial charge in [-0.15, -0.1) is 0 Å². The van der Waals surface area contributed by atoms with E-state index < -0.39 is 0 Å². The zero-order valence-electron chi connectivity index (χ0n) is 16.4. The molecule has 1 amide bonds. The minimum Gasteiger partial charge on any atom is -0.326 e. The molecule has 0 aliphatic heterocycles. The molecule has 0 bridgehead atoms. The SMILES string of the molecule is Cc1cc(Cl)ccc1NC(=O)CCn1c2ccccc2c2nc3ccccc3nc21. The van der Waals surface area contributed by atoms with Gasteiger partial charge in [0.05, 0.1) is 16.6 Å². The normalized spacial score (nSPS) is 11.4. The van der Waals surface area contributed by atoms with Crippen LogP contribution in [0.1, 0.15) is 12.0 Å². The van der Waals surface area contributed by atoms with E-state index in [1.165, 1.54) is 0 Å². The number of halogens is 1. The van der Waals surface area contributed by atoms with Gasteiger partial charge in [0.1, 0.15) is 5.52 Å². The Kier molecular flexibility index (Phi) is 4.60. The van der Waals surface area contributed by atoms with Crippen molar-refractivity contribution in [3.63, 3.8) is 0 Å². The van der Waals surface area contributed by atoms with E-state index in [-0.39, 0.29) is 5.91 Å².